The lowest BCUT2D eigenvalue weighted by atomic mass is 9.83. The molecule has 220 valence electrons. The van der Waals surface area contributed by atoms with Crippen LogP contribution in [0.4, 0.5) is 28.9 Å². The van der Waals surface area contributed by atoms with Gasteiger partial charge in [-0.2, -0.15) is 5.26 Å². The molecule has 3 aromatic rings. The number of anilines is 2. The number of alkyl halides is 2. The molecule has 3 aromatic carbocycles. The number of hydrogen-bond donors (Lipinski definition) is 1. The van der Waals surface area contributed by atoms with Gasteiger partial charge in [-0.15, -0.1) is 0 Å². The number of carbonyl (C=O) groups excluding carboxylic acids is 3. The number of nitrogens with one attached hydrogen (secondary N) is 1. The van der Waals surface area contributed by atoms with E-state index in [0.717, 1.165) is 17.0 Å². The molecule has 2 fully saturated rings. The van der Waals surface area contributed by atoms with E-state index in [9.17, 15) is 37.2 Å². The first-order chi connectivity index (χ1) is 20.5. The maximum atomic E-state index is 14.8. The van der Waals surface area contributed by atoms with E-state index in [1.165, 1.54) is 11.0 Å². The zero-order valence-corrected chi connectivity index (χ0v) is 22.8. The number of nitriles is 1. The number of fused-ring (bicyclic) bond motifs is 1. The first-order valence-corrected chi connectivity index (χ1v) is 13.9. The van der Waals surface area contributed by atoms with Crippen LogP contribution in [0.2, 0.25) is 0 Å². The Hall–Kier alpha value is -4.72. The minimum atomic E-state index is -2.93. The second-order valence-electron chi connectivity index (χ2n) is 11.2. The van der Waals surface area contributed by atoms with Crippen LogP contribution in [0.5, 0.6) is 0 Å². The average Bonchev–Trinajstić information content (AvgIpc) is 3.53. The summed E-state index contributed by atoms with van der Waals surface area (Å²) >= 11 is 0. The number of carbonyl (C=O) groups is 3. The molecule has 1 N–H and O–H groups in total. The summed E-state index contributed by atoms with van der Waals surface area (Å²) in [6.07, 6.45) is -0.792. The summed E-state index contributed by atoms with van der Waals surface area (Å²) in [5.74, 6) is -6.84. The smallest absolute Gasteiger partial charge is 0.252 e. The molecule has 0 spiro atoms. The summed E-state index contributed by atoms with van der Waals surface area (Å²) in [7, 11) is 0. The summed E-state index contributed by atoms with van der Waals surface area (Å²) < 4.78 is 56.9. The fourth-order valence-electron chi connectivity index (χ4n) is 6.55. The topological polar surface area (TPSA) is 93.5 Å². The number of aryl methyl sites for hydroxylation is 1. The van der Waals surface area contributed by atoms with Crippen LogP contribution in [0.25, 0.3) is 0 Å². The molecule has 3 aliphatic rings. The second kappa shape index (κ2) is 10.5. The number of halogens is 4. The van der Waals surface area contributed by atoms with E-state index in [-0.39, 0.29) is 36.2 Å². The van der Waals surface area contributed by atoms with Gasteiger partial charge in [-0.1, -0.05) is 30.3 Å². The molecule has 7 nitrogen and oxygen atoms in total. The Bertz CT molecular complexity index is 1660. The molecule has 11 heteroatoms. The highest BCUT2D eigenvalue weighted by molar-refractivity contribution is 6.12. The number of nitrogens with zero attached hydrogens (tertiary/aromatic N) is 3. The minimum absolute atomic E-state index is 0.00967. The summed E-state index contributed by atoms with van der Waals surface area (Å²) in [4.78, 5) is 44.5. The normalized spacial score (nSPS) is 22.4. The van der Waals surface area contributed by atoms with Gasteiger partial charge in [-0.3, -0.25) is 24.2 Å². The largest absolute Gasteiger partial charge is 0.351 e. The van der Waals surface area contributed by atoms with Crippen LogP contribution in [0, 0.1) is 23.0 Å². The Morgan fingerprint density at radius 3 is 2.40 bits per heavy atom. The van der Waals surface area contributed by atoms with Crippen molar-refractivity contribution in [3.05, 3.63) is 95.1 Å². The van der Waals surface area contributed by atoms with Gasteiger partial charge in [0, 0.05) is 37.1 Å². The molecule has 0 aromatic heterocycles. The fraction of sp³-hybridized carbons (Fsp3) is 0.312. The highest BCUT2D eigenvalue weighted by Crippen LogP contribution is 2.47. The van der Waals surface area contributed by atoms with Gasteiger partial charge in [0.15, 0.2) is 5.54 Å². The van der Waals surface area contributed by atoms with E-state index < -0.39 is 65.7 Å². The van der Waals surface area contributed by atoms with Crippen molar-refractivity contribution >= 4 is 29.1 Å². The predicted octanol–water partition coefficient (Wildman–Crippen LogP) is 5.12. The van der Waals surface area contributed by atoms with Crippen LogP contribution in [-0.4, -0.2) is 35.7 Å². The van der Waals surface area contributed by atoms with Crippen molar-refractivity contribution < 1.29 is 31.9 Å². The van der Waals surface area contributed by atoms with Crippen molar-refractivity contribution in [1.29, 1.82) is 5.26 Å². The SMILES string of the molecule is N#Cc1cccc(N2C(=O)CC[C@H]2C(=O)N(c2cc(F)cc(F)c2)[C@@]2(C(=O)NC3CC(F)(F)C3)CCc3ccccc32)c1. The second-order valence-corrected chi connectivity index (χ2v) is 11.2. The van der Waals surface area contributed by atoms with Gasteiger partial charge in [-0.25, -0.2) is 17.6 Å². The number of amides is 3. The zero-order valence-electron chi connectivity index (χ0n) is 22.8. The van der Waals surface area contributed by atoms with Crippen LogP contribution in [0.1, 0.15) is 48.8 Å². The molecule has 6 rings (SSSR count). The zero-order chi connectivity index (χ0) is 30.5. The molecule has 1 saturated carbocycles. The van der Waals surface area contributed by atoms with E-state index >= 15 is 0 Å². The third-order valence-corrected chi connectivity index (χ3v) is 8.48. The monoisotopic (exact) mass is 590 g/mol. The Kier molecular flexibility index (Phi) is 6.95. The Labute approximate surface area is 244 Å². The lowest BCUT2D eigenvalue weighted by Crippen LogP contribution is -2.64. The third-order valence-electron chi connectivity index (χ3n) is 8.48. The van der Waals surface area contributed by atoms with Crippen molar-refractivity contribution in [2.24, 2.45) is 0 Å². The highest BCUT2D eigenvalue weighted by atomic mass is 19.3. The molecular formula is C32H26F4N4O3. The molecule has 43 heavy (non-hydrogen) atoms. The third kappa shape index (κ3) is 4.90. The van der Waals surface area contributed by atoms with Gasteiger partial charge >= 0.3 is 0 Å². The molecule has 2 aliphatic carbocycles. The molecule has 1 aliphatic heterocycles. The highest BCUT2D eigenvalue weighted by Gasteiger charge is 2.57. The van der Waals surface area contributed by atoms with Gasteiger partial charge in [-0.05, 0) is 60.7 Å². The number of hydrogen-bond acceptors (Lipinski definition) is 4. The van der Waals surface area contributed by atoms with E-state index in [1.807, 2.05) is 6.07 Å². The Balaban J connectivity index is 1.51. The summed E-state index contributed by atoms with van der Waals surface area (Å²) in [6.45, 7) is 0. The van der Waals surface area contributed by atoms with Gasteiger partial charge in [0.25, 0.3) is 17.7 Å². The Morgan fingerprint density at radius 1 is 0.977 bits per heavy atom. The van der Waals surface area contributed by atoms with Gasteiger partial charge in [0.2, 0.25) is 5.91 Å². The summed E-state index contributed by atoms with van der Waals surface area (Å²) in [5.41, 5.74) is -0.452. The van der Waals surface area contributed by atoms with Crippen molar-refractivity contribution in [2.45, 2.75) is 62.1 Å². The molecule has 1 heterocycles. The molecule has 2 atom stereocenters. The minimum Gasteiger partial charge on any atom is -0.351 e. The number of rotatable bonds is 6. The van der Waals surface area contributed by atoms with Crippen LogP contribution < -0.4 is 15.1 Å². The quantitative estimate of drug-likeness (QED) is 0.404. The fourth-order valence-corrected chi connectivity index (χ4v) is 6.55. The first-order valence-electron chi connectivity index (χ1n) is 13.9. The van der Waals surface area contributed by atoms with Crippen molar-refractivity contribution in [3.63, 3.8) is 0 Å². The molecule has 1 saturated heterocycles. The lowest BCUT2D eigenvalue weighted by molar-refractivity contribution is -0.137. The molecule has 0 bridgehead atoms. The van der Waals surface area contributed by atoms with Crippen molar-refractivity contribution in [3.8, 4) is 6.07 Å². The van der Waals surface area contributed by atoms with E-state index in [1.54, 1.807) is 42.5 Å². The van der Waals surface area contributed by atoms with Gasteiger partial charge < -0.3 is 5.32 Å². The molecule has 0 unspecified atom stereocenters. The predicted molar refractivity (Wildman–Crippen MR) is 148 cm³/mol. The van der Waals surface area contributed by atoms with Crippen LogP contribution in [-0.2, 0) is 26.3 Å². The average molecular weight is 591 g/mol. The maximum absolute atomic E-state index is 14.8. The summed E-state index contributed by atoms with van der Waals surface area (Å²) in [5, 5.41) is 12.1. The van der Waals surface area contributed by atoms with E-state index in [0.29, 0.717) is 23.6 Å². The van der Waals surface area contributed by atoms with Crippen LogP contribution in [0.15, 0.2) is 66.7 Å². The van der Waals surface area contributed by atoms with E-state index in [2.05, 4.69) is 5.32 Å². The van der Waals surface area contributed by atoms with Crippen LogP contribution >= 0.6 is 0 Å². The number of benzene rings is 3. The van der Waals surface area contributed by atoms with Gasteiger partial charge in [0.05, 0.1) is 17.3 Å². The van der Waals surface area contributed by atoms with Gasteiger partial charge in [0.1, 0.15) is 17.7 Å². The first kappa shape index (κ1) is 28.4. The van der Waals surface area contributed by atoms with Crippen molar-refractivity contribution in [1.82, 2.24) is 5.32 Å². The standard InChI is InChI=1S/C32H26F4N4O3/c33-21-13-22(34)15-25(14-21)40(29(42)27-8-9-28(41)39(27)24-6-3-4-19(12-24)18-37)32(11-10-20-5-1-2-7-26(20)32)30(43)38-23-16-31(35,36)17-23/h1-7,12-15,23,27H,8-11,16-17H2,(H,38,43)/t27-,32-/m0/s1. The molecular weight excluding hydrogens is 564 g/mol. The Morgan fingerprint density at radius 2 is 1.70 bits per heavy atom. The lowest BCUT2D eigenvalue weighted by Gasteiger charge is -2.45. The molecule has 0 radical (unpaired) electrons. The molecule has 3 amide bonds. The maximum Gasteiger partial charge on any atom is 0.252 e. The van der Waals surface area contributed by atoms with Crippen molar-refractivity contribution in [2.75, 3.05) is 9.80 Å². The van der Waals surface area contributed by atoms with E-state index in [4.69, 9.17) is 0 Å². The van der Waals surface area contributed by atoms with Crippen LogP contribution in [0.3, 0.4) is 0 Å². The summed E-state index contributed by atoms with van der Waals surface area (Å²) in [6, 6.07) is 15.4.